The van der Waals surface area contributed by atoms with Crippen LogP contribution in [0.2, 0.25) is 0 Å². The monoisotopic (exact) mass is 321 g/mol. The van der Waals surface area contributed by atoms with Gasteiger partial charge in [0.15, 0.2) is 0 Å². The number of nitrogens with zero attached hydrogens (tertiary/aromatic N) is 4. The maximum absolute atomic E-state index is 12.5. The van der Waals surface area contributed by atoms with Gasteiger partial charge in [-0.05, 0) is 36.2 Å². The number of fused-ring (bicyclic) bond motifs is 1. The molecule has 0 aromatic carbocycles. The summed E-state index contributed by atoms with van der Waals surface area (Å²) in [6.45, 7) is 12.2. The van der Waals surface area contributed by atoms with Crippen LogP contribution in [0.3, 0.4) is 0 Å². The van der Waals surface area contributed by atoms with Gasteiger partial charge in [-0.25, -0.2) is 9.37 Å². The first-order valence-electron chi connectivity index (χ1n) is 6.93. The molecule has 0 radical (unpaired) electrons. The molecule has 0 aromatic rings. The van der Waals surface area contributed by atoms with Crippen LogP contribution < -0.4 is 0 Å². The minimum Gasteiger partial charge on any atom is -0.269 e. The first-order valence-corrected chi connectivity index (χ1v) is 7.91. The highest BCUT2D eigenvalue weighted by molar-refractivity contribution is 8.13. The first-order chi connectivity index (χ1) is 10.2. The fraction of sp³-hybridized carbons (Fsp3) is 0.467. The lowest BCUT2D eigenvalue weighted by Gasteiger charge is -2.30. The fourth-order valence-corrected chi connectivity index (χ4v) is 3.20. The highest BCUT2D eigenvalue weighted by Gasteiger charge is 2.53. The molecule has 118 valence electrons. The van der Waals surface area contributed by atoms with Gasteiger partial charge < -0.3 is 0 Å². The van der Waals surface area contributed by atoms with E-state index in [2.05, 4.69) is 18.2 Å². The van der Waals surface area contributed by atoms with Crippen LogP contribution in [-0.4, -0.2) is 69.8 Å². The van der Waals surface area contributed by atoms with Gasteiger partial charge in [-0.3, -0.25) is 14.6 Å². The molecule has 1 unspecified atom stereocenters. The van der Waals surface area contributed by atoms with Crippen LogP contribution in [0.15, 0.2) is 29.3 Å². The number of hydrogen-bond donors (Lipinski definition) is 0. The van der Waals surface area contributed by atoms with E-state index in [1.54, 1.807) is 7.05 Å². The molecule has 2 aliphatic heterocycles. The second-order valence-corrected chi connectivity index (χ2v) is 6.67. The fourth-order valence-electron chi connectivity index (χ4n) is 2.33. The second-order valence-electron chi connectivity index (χ2n) is 5.72. The summed E-state index contributed by atoms with van der Waals surface area (Å²) in [6, 6.07) is -0.918. The average Bonchev–Trinajstić information content (AvgIpc) is 2.78. The van der Waals surface area contributed by atoms with Crippen molar-refractivity contribution in [2.75, 3.05) is 26.4 Å². The maximum atomic E-state index is 12.5. The van der Waals surface area contributed by atoms with Crippen molar-refractivity contribution in [2.45, 2.75) is 19.9 Å². The van der Waals surface area contributed by atoms with Gasteiger partial charge in [0.1, 0.15) is 6.54 Å². The normalized spacial score (nSPS) is 21.3. The third-order valence-electron chi connectivity index (χ3n) is 3.38. The third-order valence-corrected chi connectivity index (χ3v) is 4.60. The van der Waals surface area contributed by atoms with Crippen LogP contribution in [0, 0.1) is 0 Å². The zero-order valence-electron chi connectivity index (χ0n) is 13.4. The van der Waals surface area contributed by atoms with Gasteiger partial charge in [0.25, 0.3) is 17.8 Å². The number of amides is 3. The molecule has 7 heteroatoms. The van der Waals surface area contributed by atoms with E-state index in [4.69, 9.17) is 0 Å². The number of aliphatic imine (C=N–C) groups is 1. The summed E-state index contributed by atoms with van der Waals surface area (Å²) in [5.74, 6) is 0.945. The Morgan fingerprint density at radius 3 is 2.41 bits per heavy atom. The number of carbonyl (C=O) groups excluding carboxylic acids is 2. The molecule has 0 bridgehead atoms. The topological polar surface area (TPSA) is 56.0 Å². The lowest BCUT2D eigenvalue weighted by Crippen LogP contribution is -2.61. The minimum absolute atomic E-state index is 0.256. The summed E-state index contributed by atoms with van der Waals surface area (Å²) in [7, 11) is 3.14. The molecule has 2 rings (SSSR count). The summed E-state index contributed by atoms with van der Waals surface area (Å²) in [5, 5.41) is 0.731. The predicted octanol–water partition coefficient (Wildman–Crippen LogP) is 1.54. The number of likely N-dealkylation sites (N-methyl/N-ethyl adjacent to an activating group) is 2. The van der Waals surface area contributed by atoms with E-state index in [9.17, 15) is 9.59 Å². The van der Waals surface area contributed by atoms with Crippen LogP contribution in [-0.2, 0) is 4.79 Å². The molecule has 0 spiro atoms. The van der Waals surface area contributed by atoms with Gasteiger partial charge in [-0.2, -0.15) is 0 Å². The van der Waals surface area contributed by atoms with Crippen molar-refractivity contribution in [3.05, 3.63) is 24.3 Å². The molecular formula is C15H21N4O2S+. The van der Waals surface area contributed by atoms with Crippen LogP contribution in [0.5, 0.6) is 0 Å². The van der Waals surface area contributed by atoms with Crippen molar-refractivity contribution in [3.8, 4) is 0 Å². The van der Waals surface area contributed by atoms with E-state index in [0.717, 1.165) is 21.2 Å². The molecule has 1 atom stereocenters. The van der Waals surface area contributed by atoms with E-state index >= 15 is 0 Å². The molecular weight excluding hydrogens is 300 g/mol. The largest absolute Gasteiger partial charge is 0.358 e. The Labute approximate surface area is 134 Å². The van der Waals surface area contributed by atoms with Gasteiger partial charge in [-0.1, -0.05) is 18.7 Å². The number of imide groups is 1. The Hall–Kier alpha value is -1.89. The first kappa shape index (κ1) is 16.5. The standard InChI is InChI=1S/C15H21N4O2S/c1-9(2)7-19-11-12(16-14(19)22-8-10(3)4)17(5)15(21)18(6)13(11)20/h11H,1,3,7-8H2,2,4-6H3/q+1. The van der Waals surface area contributed by atoms with Crippen LogP contribution in [0.25, 0.3) is 0 Å². The van der Waals surface area contributed by atoms with Crippen molar-refractivity contribution in [2.24, 2.45) is 4.99 Å². The molecule has 0 saturated carbocycles. The van der Waals surface area contributed by atoms with E-state index in [0.29, 0.717) is 18.1 Å². The molecule has 22 heavy (non-hydrogen) atoms. The van der Waals surface area contributed by atoms with E-state index < -0.39 is 6.04 Å². The minimum atomic E-state index is -0.558. The SMILES string of the molecule is C=C(C)CSC1=[N+](CC(=C)C)C2C(=O)N(C)C(=O)N(C)C2=N1. The Kier molecular flexibility index (Phi) is 4.55. The van der Waals surface area contributed by atoms with Crippen LogP contribution in [0.1, 0.15) is 13.8 Å². The lowest BCUT2D eigenvalue weighted by molar-refractivity contribution is -0.524. The van der Waals surface area contributed by atoms with Gasteiger partial charge in [-0.15, -0.1) is 0 Å². The highest BCUT2D eigenvalue weighted by atomic mass is 32.2. The molecule has 0 N–H and O–H groups in total. The van der Waals surface area contributed by atoms with E-state index in [1.165, 1.54) is 23.7 Å². The number of amidine groups is 2. The van der Waals surface area contributed by atoms with Crippen LogP contribution in [0.4, 0.5) is 4.79 Å². The molecule has 6 nitrogen and oxygen atoms in total. The zero-order chi connectivity index (χ0) is 16.6. The van der Waals surface area contributed by atoms with Crippen LogP contribution >= 0.6 is 11.8 Å². The summed E-state index contributed by atoms with van der Waals surface area (Å²) < 4.78 is 1.91. The summed E-state index contributed by atoms with van der Waals surface area (Å²) in [6.07, 6.45) is 0. The third kappa shape index (κ3) is 2.85. The second kappa shape index (κ2) is 6.08. The molecule has 3 amide bonds. The Bertz CT molecular complexity index is 635. The number of thioether (sulfide) groups is 1. The van der Waals surface area contributed by atoms with Gasteiger partial charge in [0.2, 0.25) is 0 Å². The maximum Gasteiger partial charge on any atom is 0.358 e. The quantitative estimate of drug-likeness (QED) is 0.583. The average molecular weight is 321 g/mol. The Morgan fingerprint density at radius 2 is 1.86 bits per heavy atom. The van der Waals surface area contributed by atoms with Crippen molar-refractivity contribution >= 4 is 34.7 Å². The number of carbonyl (C=O) groups is 2. The number of hydrogen-bond acceptors (Lipinski definition) is 4. The van der Waals surface area contributed by atoms with E-state index in [-0.39, 0.29) is 11.9 Å². The van der Waals surface area contributed by atoms with Crippen molar-refractivity contribution < 1.29 is 14.2 Å². The van der Waals surface area contributed by atoms with Gasteiger partial charge in [0.05, 0.1) is 0 Å². The van der Waals surface area contributed by atoms with Gasteiger partial charge in [0, 0.05) is 19.8 Å². The highest BCUT2D eigenvalue weighted by Crippen LogP contribution is 2.24. The molecule has 2 aliphatic rings. The summed E-state index contributed by atoms with van der Waals surface area (Å²) in [5.41, 5.74) is 1.95. The van der Waals surface area contributed by atoms with E-state index in [1.807, 2.05) is 18.4 Å². The Balaban J connectivity index is 2.42. The summed E-state index contributed by atoms with van der Waals surface area (Å²) in [4.78, 5) is 31.7. The number of rotatable bonds is 4. The lowest BCUT2D eigenvalue weighted by atomic mass is 10.1. The molecule has 0 aliphatic carbocycles. The van der Waals surface area contributed by atoms with Crippen molar-refractivity contribution in [3.63, 3.8) is 0 Å². The number of urea groups is 1. The smallest absolute Gasteiger partial charge is 0.269 e. The molecule has 1 saturated heterocycles. The van der Waals surface area contributed by atoms with Crippen molar-refractivity contribution in [1.29, 1.82) is 0 Å². The Morgan fingerprint density at radius 1 is 1.23 bits per heavy atom. The zero-order valence-corrected chi connectivity index (χ0v) is 14.2. The molecule has 1 fully saturated rings. The predicted molar refractivity (Wildman–Crippen MR) is 89.4 cm³/mol. The van der Waals surface area contributed by atoms with Crippen molar-refractivity contribution in [1.82, 2.24) is 9.80 Å². The molecule has 2 heterocycles. The summed E-state index contributed by atoms with van der Waals surface area (Å²) >= 11 is 1.52. The molecule has 0 aromatic heterocycles. The van der Waals surface area contributed by atoms with Gasteiger partial charge >= 0.3 is 11.2 Å².